The predicted octanol–water partition coefficient (Wildman–Crippen LogP) is 0.694. The second kappa shape index (κ2) is 7.26. The van der Waals surface area contributed by atoms with E-state index in [1.165, 1.54) is 35.9 Å². The lowest BCUT2D eigenvalue weighted by atomic mass is 10.3. The van der Waals surface area contributed by atoms with Gasteiger partial charge in [-0.15, -0.1) is 0 Å². The zero-order chi connectivity index (χ0) is 18.7. The number of sulfonamides is 1. The van der Waals surface area contributed by atoms with Gasteiger partial charge in [0, 0.05) is 26.2 Å². The summed E-state index contributed by atoms with van der Waals surface area (Å²) in [7, 11) is -2.05. The SMILES string of the molecule is COc1ccc(S(=O)(=O)N2CCN(c3cnc(C(=O)O)cn3)CC2)cc1. The van der Waals surface area contributed by atoms with Gasteiger partial charge in [0.15, 0.2) is 5.69 Å². The average molecular weight is 378 g/mol. The van der Waals surface area contributed by atoms with Crippen LogP contribution in [0.15, 0.2) is 41.6 Å². The molecule has 3 rings (SSSR count). The Kier molecular flexibility index (Phi) is 5.05. The highest BCUT2D eigenvalue weighted by Crippen LogP contribution is 2.21. The Hall–Kier alpha value is -2.72. The molecular weight excluding hydrogens is 360 g/mol. The van der Waals surface area contributed by atoms with Crippen LogP contribution in [0.1, 0.15) is 10.5 Å². The van der Waals surface area contributed by atoms with Gasteiger partial charge in [0.25, 0.3) is 0 Å². The number of aromatic carboxylic acids is 1. The third-order valence-corrected chi connectivity index (χ3v) is 6.03. The summed E-state index contributed by atoms with van der Waals surface area (Å²) >= 11 is 0. The van der Waals surface area contributed by atoms with Gasteiger partial charge in [-0.3, -0.25) is 0 Å². The molecular formula is C16H18N4O5S. The van der Waals surface area contributed by atoms with E-state index in [1.807, 2.05) is 4.90 Å². The number of nitrogens with zero attached hydrogens (tertiary/aromatic N) is 4. The Labute approximate surface area is 150 Å². The third-order valence-electron chi connectivity index (χ3n) is 4.12. The van der Waals surface area contributed by atoms with Gasteiger partial charge >= 0.3 is 5.97 Å². The molecule has 0 atom stereocenters. The zero-order valence-electron chi connectivity index (χ0n) is 14.1. The van der Waals surface area contributed by atoms with E-state index in [-0.39, 0.29) is 10.6 Å². The lowest BCUT2D eigenvalue weighted by Gasteiger charge is -2.34. The van der Waals surface area contributed by atoms with Crippen molar-refractivity contribution in [2.24, 2.45) is 0 Å². The lowest BCUT2D eigenvalue weighted by Crippen LogP contribution is -2.49. The van der Waals surface area contributed by atoms with E-state index in [2.05, 4.69) is 9.97 Å². The molecule has 0 aliphatic carbocycles. The summed E-state index contributed by atoms with van der Waals surface area (Å²) in [5.41, 5.74) is -0.130. The van der Waals surface area contributed by atoms with Crippen LogP contribution in [0, 0.1) is 0 Å². The van der Waals surface area contributed by atoms with Crippen molar-refractivity contribution in [3.05, 3.63) is 42.4 Å². The van der Waals surface area contributed by atoms with Crippen LogP contribution in [0.2, 0.25) is 0 Å². The number of piperazine rings is 1. The van der Waals surface area contributed by atoms with E-state index < -0.39 is 16.0 Å². The summed E-state index contributed by atoms with van der Waals surface area (Å²) in [6.45, 7) is 1.49. The number of carboxylic acid groups (broad SMARTS) is 1. The molecule has 0 unspecified atom stereocenters. The van der Waals surface area contributed by atoms with E-state index in [9.17, 15) is 13.2 Å². The summed E-state index contributed by atoms with van der Waals surface area (Å²) in [6.07, 6.45) is 2.58. The number of benzene rings is 1. The zero-order valence-corrected chi connectivity index (χ0v) is 14.9. The number of hydrogen-bond donors (Lipinski definition) is 1. The molecule has 1 fully saturated rings. The summed E-state index contributed by atoms with van der Waals surface area (Å²) in [5, 5.41) is 8.85. The molecule has 2 aromatic rings. The summed E-state index contributed by atoms with van der Waals surface area (Å²) in [5.74, 6) is -0.0203. The summed E-state index contributed by atoms with van der Waals surface area (Å²) in [6, 6.07) is 6.28. The van der Waals surface area contributed by atoms with Crippen molar-refractivity contribution < 1.29 is 23.1 Å². The average Bonchev–Trinajstić information content (AvgIpc) is 2.68. The number of rotatable bonds is 5. The Morgan fingerprint density at radius 2 is 1.73 bits per heavy atom. The van der Waals surface area contributed by atoms with E-state index in [4.69, 9.17) is 9.84 Å². The summed E-state index contributed by atoms with van der Waals surface area (Å²) in [4.78, 5) is 20.8. The molecule has 0 saturated carbocycles. The van der Waals surface area contributed by atoms with Crippen LogP contribution in [-0.2, 0) is 10.0 Å². The van der Waals surface area contributed by atoms with Gasteiger partial charge < -0.3 is 14.7 Å². The number of carbonyl (C=O) groups is 1. The van der Waals surface area contributed by atoms with Crippen LogP contribution in [0.3, 0.4) is 0 Å². The normalized spacial score (nSPS) is 15.7. The fourth-order valence-corrected chi connectivity index (χ4v) is 4.07. The Balaban J connectivity index is 1.68. The Bertz CT molecular complexity index is 876. The Morgan fingerprint density at radius 3 is 2.23 bits per heavy atom. The van der Waals surface area contributed by atoms with Gasteiger partial charge in [0.1, 0.15) is 11.6 Å². The number of ether oxygens (including phenoxy) is 1. The van der Waals surface area contributed by atoms with Crippen LogP contribution < -0.4 is 9.64 Å². The first-order valence-electron chi connectivity index (χ1n) is 7.86. The first-order valence-corrected chi connectivity index (χ1v) is 9.30. The lowest BCUT2D eigenvalue weighted by molar-refractivity contribution is 0.0690. The van der Waals surface area contributed by atoms with E-state index in [1.54, 1.807) is 12.1 Å². The molecule has 1 aromatic heterocycles. The van der Waals surface area contributed by atoms with Gasteiger partial charge in [-0.05, 0) is 24.3 Å². The highest BCUT2D eigenvalue weighted by atomic mass is 32.2. The molecule has 138 valence electrons. The maximum absolute atomic E-state index is 12.7. The van der Waals surface area contributed by atoms with E-state index >= 15 is 0 Å². The molecule has 2 heterocycles. The summed E-state index contributed by atoms with van der Waals surface area (Å²) < 4.78 is 31.9. The minimum Gasteiger partial charge on any atom is -0.497 e. The van der Waals surface area contributed by atoms with Crippen molar-refractivity contribution in [1.82, 2.24) is 14.3 Å². The maximum Gasteiger partial charge on any atom is 0.356 e. The van der Waals surface area contributed by atoms with Crippen molar-refractivity contribution in [3.63, 3.8) is 0 Å². The first-order chi connectivity index (χ1) is 12.4. The molecule has 1 aliphatic heterocycles. The molecule has 1 N–H and O–H groups in total. The van der Waals surface area contributed by atoms with Crippen molar-refractivity contribution in [3.8, 4) is 5.75 Å². The highest BCUT2D eigenvalue weighted by Gasteiger charge is 2.29. The maximum atomic E-state index is 12.7. The predicted molar refractivity (Wildman–Crippen MR) is 93.0 cm³/mol. The number of methoxy groups -OCH3 is 1. The van der Waals surface area contributed by atoms with Gasteiger partial charge in [0.05, 0.1) is 24.4 Å². The van der Waals surface area contributed by atoms with Crippen LogP contribution in [-0.4, -0.2) is 67.1 Å². The molecule has 1 aromatic carbocycles. The molecule has 0 amide bonds. The standard InChI is InChI=1S/C16H18N4O5S/c1-25-12-2-4-13(5-3-12)26(23,24)20-8-6-19(7-9-20)15-11-17-14(10-18-15)16(21)22/h2-5,10-11H,6-9H2,1H3,(H,21,22). The minimum atomic E-state index is -3.57. The van der Waals surface area contributed by atoms with Crippen molar-refractivity contribution in [2.45, 2.75) is 4.90 Å². The second-order valence-corrected chi connectivity index (χ2v) is 7.57. The molecule has 0 radical (unpaired) electrons. The quantitative estimate of drug-likeness (QED) is 0.809. The molecule has 9 nitrogen and oxygen atoms in total. The first kappa shape index (κ1) is 18.1. The third kappa shape index (κ3) is 3.60. The van der Waals surface area contributed by atoms with Gasteiger partial charge in [-0.25, -0.2) is 23.2 Å². The largest absolute Gasteiger partial charge is 0.497 e. The number of anilines is 1. The fourth-order valence-electron chi connectivity index (χ4n) is 2.65. The van der Waals surface area contributed by atoms with E-state index in [0.29, 0.717) is 37.7 Å². The molecule has 0 spiro atoms. The topological polar surface area (TPSA) is 113 Å². The number of carboxylic acids is 1. The monoisotopic (exact) mass is 378 g/mol. The van der Waals surface area contributed by atoms with Crippen molar-refractivity contribution in [2.75, 3.05) is 38.2 Å². The van der Waals surface area contributed by atoms with Gasteiger partial charge in [0.2, 0.25) is 10.0 Å². The number of hydrogen-bond acceptors (Lipinski definition) is 7. The van der Waals surface area contributed by atoms with Crippen LogP contribution in [0.4, 0.5) is 5.82 Å². The van der Waals surface area contributed by atoms with E-state index in [0.717, 1.165) is 0 Å². The molecule has 0 bridgehead atoms. The molecule has 10 heteroatoms. The fraction of sp³-hybridized carbons (Fsp3) is 0.312. The van der Waals surface area contributed by atoms with Crippen LogP contribution in [0.25, 0.3) is 0 Å². The smallest absolute Gasteiger partial charge is 0.356 e. The second-order valence-electron chi connectivity index (χ2n) is 5.63. The molecule has 1 saturated heterocycles. The highest BCUT2D eigenvalue weighted by molar-refractivity contribution is 7.89. The minimum absolute atomic E-state index is 0.130. The van der Waals surface area contributed by atoms with Gasteiger partial charge in [-0.1, -0.05) is 0 Å². The molecule has 26 heavy (non-hydrogen) atoms. The van der Waals surface area contributed by atoms with Crippen LogP contribution >= 0.6 is 0 Å². The van der Waals surface area contributed by atoms with Crippen LogP contribution in [0.5, 0.6) is 5.75 Å². The number of aromatic nitrogens is 2. The van der Waals surface area contributed by atoms with Crippen molar-refractivity contribution in [1.29, 1.82) is 0 Å². The van der Waals surface area contributed by atoms with Gasteiger partial charge in [-0.2, -0.15) is 4.31 Å². The molecule has 1 aliphatic rings. The van der Waals surface area contributed by atoms with Crippen molar-refractivity contribution >= 4 is 21.8 Å². The Morgan fingerprint density at radius 1 is 1.08 bits per heavy atom.